The third-order valence-corrected chi connectivity index (χ3v) is 3.08. The highest BCUT2D eigenvalue weighted by molar-refractivity contribution is 9.10. The number of aromatic carboxylic acids is 1. The maximum atomic E-state index is 10.7. The minimum atomic E-state index is -0.983. The van der Waals surface area contributed by atoms with Gasteiger partial charge in [-0.3, -0.25) is 4.98 Å². The van der Waals surface area contributed by atoms with Crippen LogP contribution >= 0.6 is 15.9 Å². The number of hydrogen-bond acceptors (Lipinski definition) is 3. The van der Waals surface area contributed by atoms with Gasteiger partial charge in [-0.2, -0.15) is 0 Å². The first kappa shape index (κ1) is 13.5. The zero-order chi connectivity index (χ0) is 13.8. The van der Waals surface area contributed by atoms with E-state index in [1.807, 2.05) is 25.1 Å². The normalized spacial score (nSPS) is 10.2. The van der Waals surface area contributed by atoms with Crippen LogP contribution in [0.4, 0.5) is 0 Å². The number of rotatable bonds is 4. The molecule has 1 heterocycles. The standard InChI is InChI=1S/C14H12BrNO3/c1-9-6-11(15)3-5-13(9)19-8-12-4-2-10(7-16-12)14(17)18/h2-7H,8H2,1H3,(H,17,18). The summed E-state index contributed by atoms with van der Waals surface area (Å²) in [5.74, 6) is -0.198. The Morgan fingerprint density at radius 3 is 2.74 bits per heavy atom. The molecular weight excluding hydrogens is 310 g/mol. The van der Waals surface area contributed by atoms with E-state index in [-0.39, 0.29) is 5.56 Å². The van der Waals surface area contributed by atoms with Gasteiger partial charge in [-0.15, -0.1) is 0 Å². The predicted molar refractivity (Wildman–Crippen MR) is 74.4 cm³/mol. The van der Waals surface area contributed by atoms with Crippen molar-refractivity contribution in [3.8, 4) is 5.75 Å². The molecule has 98 valence electrons. The molecule has 0 aliphatic heterocycles. The Balaban J connectivity index is 2.04. The topological polar surface area (TPSA) is 59.4 Å². The highest BCUT2D eigenvalue weighted by Gasteiger charge is 2.04. The van der Waals surface area contributed by atoms with Gasteiger partial charge in [-0.1, -0.05) is 15.9 Å². The molecule has 0 spiro atoms. The molecule has 0 bridgehead atoms. The first-order valence-corrected chi connectivity index (χ1v) is 6.43. The van der Waals surface area contributed by atoms with Gasteiger partial charge >= 0.3 is 5.97 Å². The van der Waals surface area contributed by atoms with Crippen molar-refractivity contribution in [1.82, 2.24) is 4.98 Å². The van der Waals surface area contributed by atoms with Crippen molar-refractivity contribution in [2.24, 2.45) is 0 Å². The quantitative estimate of drug-likeness (QED) is 0.937. The second-order valence-electron chi connectivity index (χ2n) is 4.04. The molecule has 0 unspecified atom stereocenters. The molecule has 0 saturated heterocycles. The first-order chi connectivity index (χ1) is 9.06. The van der Waals surface area contributed by atoms with Crippen LogP contribution in [0.5, 0.6) is 5.75 Å². The van der Waals surface area contributed by atoms with Gasteiger partial charge in [-0.25, -0.2) is 4.79 Å². The maximum Gasteiger partial charge on any atom is 0.337 e. The van der Waals surface area contributed by atoms with E-state index in [0.717, 1.165) is 15.8 Å². The van der Waals surface area contributed by atoms with Crippen LogP contribution in [0.15, 0.2) is 41.0 Å². The van der Waals surface area contributed by atoms with Gasteiger partial charge in [-0.05, 0) is 42.8 Å². The summed E-state index contributed by atoms with van der Waals surface area (Å²) in [6, 6.07) is 8.92. The van der Waals surface area contributed by atoms with Crippen LogP contribution in [0.2, 0.25) is 0 Å². The van der Waals surface area contributed by atoms with Gasteiger partial charge in [0.05, 0.1) is 11.3 Å². The lowest BCUT2D eigenvalue weighted by atomic mass is 10.2. The number of pyridine rings is 1. The van der Waals surface area contributed by atoms with E-state index in [1.54, 1.807) is 6.07 Å². The Hall–Kier alpha value is -1.88. The van der Waals surface area contributed by atoms with Gasteiger partial charge in [0.2, 0.25) is 0 Å². The summed E-state index contributed by atoms with van der Waals surface area (Å²) in [6.45, 7) is 2.27. The van der Waals surface area contributed by atoms with Crippen molar-refractivity contribution in [3.05, 3.63) is 57.8 Å². The molecule has 0 saturated carbocycles. The Bertz CT molecular complexity index is 596. The SMILES string of the molecule is Cc1cc(Br)ccc1OCc1ccc(C(=O)O)cn1. The summed E-state index contributed by atoms with van der Waals surface area (Å²) >= 11 is 3.39. The maximum absolute atomic E-state index is 10.7. The van der Waals surface area contributed by atoms with E-state index in [9.17, 15) is 4.79 Å². The van der Waals surface area contributed by atoms with Crippen molar-refractivity contribution < 1.29 is 14.6 Å². The molecular formula is C14H12BrNO3. The summed E-state index contributed by atoms with van der Waals surface area (Å²) < 4.78 is 6.65. The molecule has 2 aromatic rings. The lowest BCUT2D eigenvalue weighted by Gasteiger charge is -2.09. The Morgan fingerprint density at radius 2 is 2.16 bits per heavy atom. The molecule has 2 rings (SSSR count). The molecule has 0 radical (unpaired) electrons. The summed E-state index contributed by atoms with van der Waals surface area (Å²) in [6.07, 6.45) is 1.33. The molecule has 0 amide bonds. The number of benzene rings is 1. The average Bonchev–Trinajstić information content (AvgIpc) is 2.38. The second kappa shape index (κ2) is 5.84. The van der Waals surface area contributed by atoms with Crippen LogP contribution in [-0.2, 0) is 6.61 Å². The van der Waals surface area contributed by atoms with E-state index in [2.05, 4.69) is 20.9 Å². The zero-order valence-corrected chi connectivity index (χ0v) is 11.8. The lowest BCUT2D eigenvalue weighted by molar-refractivity contribution is 0.0696. The molecule has 0 aliphatic carbocycles. The number of carboxylic acids is 1. The lowest BCUT2D eigenvalue weighted by Crippen LogP contribution is -2.02. The highest BCUT2D eigenvalue weighted by Crippen LogP contribution is 2.22. The van der Waals surface area contributed by atoms with Crippen LogP contribution in [-0.4, -0.2) is 16.1 Å². The third-order valence-electron chi connectivity index (χ3n) is 2.58. The number of aromatic nitrogens is 1. The van der Waals surface area contributed by atoms with Crippen molar-refractivity contribution in [2.45, 2.75) is 13.5 Å². The molecule has 5 heteroatoms. The minimum absolute atomic E-state index is 0.170. The van der Waals surface area contributed by atoms with Gasteiger partial charge in [0.15, 0.2) is 0 Å². The van der Waals surface area contributed by atoms with Crippen molar-refractivity contribution in [1.29, 1.82) is 0 Å². The first-order valence-electron chi connectivity index (χ1n) is 5.63. The fourth-order valence-corrected chi connectivity index (χ4v) is 2.04. The molecule has 1 aromatic carbocycles. The van der Waals surface area contributed by atoms with Crippen molar-refractivity contribution in [3.63, 3.8) is 0 Å². The number of aryl methyl sites for hydroxylation is 1. The van der Waals surface area contributed by atoms with Gasteiger partial charge in [0.25, 0.3) is 0 Å². The third kappa shape index (κ3) is 3.54. The number of nitrogens with zero attached hydrogens (tertiary/aromatic N) is 1. The smallest absolute Gasteiger partial charge is 0.337 e. The molecule has 19 heavy (non-hydrogen) atoms. The Kier molecular flexibility index (Phi) is 4.16. The van der Waals surface area contributed by atoms with Gasteiger partial charge in [0.1, 0.15) is 12.4 Å². The van der Waals surface area contributed by atoms with E-state index < -0.39 is 5.97 Å². The van der Waals surface area contributed by atoms with E-state index in [0.29, 0.717) is 12.3 Å². The van der Waals surface area contributed by atoms with E-state index in [4.69, 9.17) is 9.84 Å². The Morgan fingerprint density at radius 1 is 1.37 bits per heavy atom. The summed E-state index contributed by atoms with van der Waals surface area (Å²) in [5.41, 5.74) is 1.88. The van der Waals surface area contributed by atoms with E-state index in [1.165, 1.54) is 12.3 Å². The van der Waals surface area contributed by atoms with Crippen LogP contribution < -0.4 is 4.74 Å². The van der Waals surface area contributed by atoms with Crippen LogP contribution in [0.1, 0.15) is 21.6 Å². The molecule has 0 fully saturated rings. The van der Waals surface area contributed by atoms with Gasteiger partial charge in [0, 0.05) is 10.7 Å². The molecule has 1 aromatic heterocycles. The minimum Gasteiger partial charge on any atom is -0.487 e. The van der Waals surface area contributed by atoms with E-state index >= 15 is 0 Å². The van der Waals surface area contributed by atoms with Gasteiger partial charge < -0.3 is 9.84 Å². The summed E-state index contributed by atoms with van der Waals surface area (Å²) in [7, 11) is 0. The number of ether oxygens (including phenoxy) is 1. The molecule has 0 atom stereocenters. The number of carbonyl (C=O) groups is 1. The van der Waals surface area contributed by atoms with Crippen molar-refractivity contribution >= 4 is 21.9 Å². The average molecular weight is 322 g/mol. The monoisotopic (exact) mass is 321 g/mol. The summed E-state index contributed by atoms with van der Waals surface area (Å²) in [4.78, 5) is 14.7. The number of carboxylic acid groups (broad SMARTS) is 1. The fraction of sp³-hybridized carbons (Fsp3) is 0.143. The Labute approximate surface area is 119 Å². The molecule has 0 aliphatic rings. The van der Waals surface area contributed by atoms with Crippen molar-refractivity contribution in [2.75, 3.05) is 0 Å². The molecule has 1 N–H and O–H groups in total. The van der Waals surface area contributed by atoms with Crippen LogP contribution in [0.3, 0.4) is 0 Å². The highest BCUT2D eigenvalue weighted by atomic mass is 79.9. The number of hydrogen-bond donors (Lipinski definition) is 1. The number of halogens is 1. The summed E-state index contributed by atoms with van der Waals surface area (Å²) in [5, 5.41) is 8.77. The van der Waals surface area contributed by atoms with Crippen LogP contribution in [0.25, 0.3) is 0 Å². The molecule has 4 nitrogen and oxygen atoms in total. The predicted octanol–water partition coefficient (Wildman–Crippen LogP) is 3.43. The largest absolute Gasteiger partial charge is 0.487 e. The zero-order valence-electron chi connectivity index (χ0n) is 10.3. The van der Waals surface area contributed by atoms with Crippen LogP contribution in [0, 0.1) is 6.92 Å². The fourth-order valence-electron chi connectivity index (χ4n) is 1.56. The second-order valence-corrected chi connectivity index (χ2v) is 4.96.